The van der Waals surface area contributed by atoms with E-state index in [-0.39, 0.29) is 28.5 Å². The van der Waals surface area contributed by atoms with Crippen LogP contribution in [0.1, 0.15) is 18.5 Å². The number of nitrogens with zero attached hydrogens (tertiary/aromatic N) is 5. The molecule has 2 aromatic rings. The minimum absolute atomic E-state index is 0.0269. The van der Waals surface area contributed by atoms with Gasteiger partial charge >= 0.3 is 5.97 Å². The average molecular weight is 344 g/mol. The zero-order valence-electron chi connectivity index (χ0n) is 13.2. The van der Waals surface area contributed by atoms with Crippen LogP contribution in [0.2, 0.25) is 0 Å². The number of ether oxygens (including phenoxy) is 1. The van der Waals surface area contributed by atoms with Crippen LogP contribution >= 0.6 is 0 Å². The summed E-state index contributed by atoms with van der Waals surface area (Å²) in [4.78, 5) is 35.2. The van der Waals surface area contributed by atoms with Gasteiger partial charge in [-0.2, -0.15) is 4.68 Å². The Balaban J connectivity index is 2.32. The second-order valence-electron chi connectivity index (χ2n) is 5.13. The quantitative estimate of drug-likeness (QED) is 0.479. The van der Waals surface area contributed by atoms with Gasteiger partial charge in [-0.15, -0.1) is 0 Å². The van der Waals surface area contributed by atoms with Crippen molar-refractivity contribution in [1.82, 2.24) is 20.2 Å². The predicted molar refractivity (Wildman–Crippen MR) is 82.4 cm³/mol. The number of Topliss-reactive ketones (excluding diaryl/α,β-unsaturated/α-hetero) is 1. The number of carbonyl (C=O) groups is 2. The average Bonchev–Trinajstić information content (AvgIpc) is 3.07. The van der Waals surface area contributed by atoms with Crippen molar-refractivity contribution in [3.05, 3.63) is 51.2 Å². The van der Waals surface area contributed by atoms with E-state index in [9.17, 15) is 19.7 Å². The van der Waals surface area contributed by atoms with Crippen molar-refractivity contribution in [1.29, 1.82) is 0 Å². The monoisotopic (exact) mass is 344 g/mol. The van der Waals surface area contributed by atoms with Crippen LogP contribution < -0.4 is 5.32 Å². The van der Waals surface area contributed by atoms with Crippen LogP contribution in [0.3, 0.4) is 0 Å². The van der Waals surface area contributed by atoms with Gasteiger partial charge in [0.15, 0.2) is 5.78 Å². The number of carbonyl (C=O) groups excluding carboxylic acids is 2. The third kappa shape index (κ3) is 2.60. The highest BCUT2D eigenvalue weighted by atomic mass is 16.6. The Morgan fingerprint density at radius 1 is 1.36 bits per heavy atom. The summed E-state index contributed by atoms with van der Waals surface area (Å²) in [6.45, 7) is 1.25. The van der Waals surface area contributed by atoms with Crippen molar-refractivity contribution in [2.45, 2.75) is 13.0 Å². The van der Waals surface area contributed by atoms with E-state index in [0.717, 1.165) is 7.11 Å². The molecule has 128 valence electrons. The molecule has 1 aromatic carbocycles. The molecule has 0 amide bonds. The van der Waals surface area contributed by atoms with Crippen molar-refractivity contribution in [2.75, 3.05) is 12.4 Å². The van der Waals surface area contributed by atoms with E-state index in [0.29, 0.717) is 0 Å². The summed E-state index contributed by atoms with van der Waals surface area (Å²) in [5.74, 6) is -1.21. The minimum Gasteiger partial charge on any atom is -0.464 e. The first-order valence-corrected chi connectivity index (χ1v) is 7.07. The van der Waals surface area contributed by atoms with Crippen LogP contribution in [0.5, 0.6) is 0 Å². The summed E-state index contributed by atoms with van der Waals surface area (Å²) in [5, 5.41) is 25.1. The topological polar surface area (TPSA) is 142 Å². The first-order chi connectivity index (χ1) is 12.0. The lowest BCUT2D eigenvalue weighted by molar-refractivity contribution is -0.385. The summed E-state index contributed by atoms with van der Waals surface area (Å²) in [7, 11) is 1.16. The van der Waals surface area contributed by atoms with Gasteiger partial charge in [-0.1, -0.05) is 17.2 Å². The molecule has 0 spiro atoms. The molecular weight excluding hydrogens is 332 g/mol. The van der Waals surface area contributed by atoms with E-state index in [1.807, 2.05) is 0 Å². The number of nitro groups is 1. The third-order valence-corrected chi connectivity index (χ3v) is 3.71. The number of rotatable bonds is 4. The molecular formula is C14H12N6O5. The molecule has 1 atom stereocenters. The van der Waals surface area contributed by atoms with Crippen LogP contribution in [0.4, 0.5) is 11.6 Å². The van der Waals surface area contributed by atoms with Crippen molar-refractivity contribution in [2.24, 2.45) is 0 Å². The summed E-state index contributed by atoms with van der Waals surface area (Å²) in [5.41, 5.74) is -0.227. The van der Waals surface area contributed by atoms with E-state index in [1.54, 1.807) is 6.07 Å². The Morgan fingerprint density at radius 3 is 2.72 bits per heavy atom. The number of aromatic nitrogens is 4. The highest BCUT2D eigenvalue weighted by Gasteiger charge is 2.39. The molecule has 1 N–H and O–H groups in total. The van der Waals surface area contributed by atoms with Crippen molar-refractivity contribution < 1.29 is 19.2 Å². The number of esters is 1. The number of tetrazole rings is 1. The molecule has 0 aliphatic carbocycles. The van der Waals surface area contributed by atoms with Gasteiger partial charge in [0.25, 0.3) is 5.69 Å². The van der Waals surface area contributed by atoms with E-state index >= 15 is 0 Å². The molecule has 0 radical (unpaired) electrons. The fourth-order valence-corrected chi connectivity index (χ4v) is 2.69. The van der Waals surface area contributed by atoms with Gasteiger partial charge in [0.1, 0.15) is 11.7 Å². The van der Waals surface area contributed by atoms with Crippen LogP contribution in [0, 0.1) is 10.1 Å². The first-order valence-electron chi connectivity index (χ1n) is 7.07. The zero-order valence-corrected chi connectivity index (χ0v) is 13.2. The Labute approximate surface area is 140 Å². The standard InChI is InChI=1S/C14H12N6O5/c1-7(21)10-11(13(22)25-2)15-14-16-17-18-19(14)12(10)8-5-3-4-6-9(8)20(23)24/h3-6,12H,1-2H3,(H,15,16,18)/t12-/m1/s1. The number of hydrogen-bond acceptors (Lipinski definition) is 9. The minimum atomic E-state index is -1.04. The van der Waals surface area contributed by atoms with Gasteiger partial charge in [0, 0.05) is 6.07 Å². The van der Waals surface area contributed by atoms with E-state index < -0.39 is 22.7 Å². The lowest BCUT2D eigenvalue weighted by atomic mass is 9.92. The molecule has 11 nitrogen and oxygen atoms in total. The SMILES string of the molecule is COC(=O)C1=C(C(C)=O)[C@@H](c2ccccc2[N+](=O)[O-])n2nnnc2N1. The Kier molecular flexibility index (Phi) is 3.97. The van der Waals surface area contributed by atoms with Gasteiger partial charge < -0.3 is 10.1 Å². The first kappa shape index (κ1) is 16.2. The van der Waals surface area contributed by atoms with Crippen molar-refractivity contribution in [3.8, 4) is 0 Å². The lowest BCUT2D eigenvalue weighted by Crippen LogP contribution is -2.32. The maximum atomic E-state index is 12.3. The molecule has 0 fully saturated rings. The van der Waals surface area contributed by atoms with Crippen molar-refractivity contribution >= 4 is 23.4 Å². The highest BCUT2D eigenvalue weighted by molar-refractivity contribution is 6.06. The number of allylic oxidation sites excluding steroid dienone is 1. The number of methoxy groups -OCH3 is 1. The lowest BCUT2D eigenvalue weighted by Gasteiger charge is -2.27. The largest absolute Gasteiger partial charge is 0.464 e. The molecule has 0 bridgehead atoms. The molecule has 1 aliphatic rings. The third-order valence-electron chi connectivity index (χ3n) is 3.71. The Morgan fingerprint density at radius 2 is 2.08 bits per heavy atom. The van der Waals surface area contributed by atoms with Crippen LogP contribution in [0.15, 0.2) is 35.5 Å². The molecule has 0 saturated heterocycles. The van der Waals surface area contributed by atoms with Crippen LogP contribution in [-0.4, -0.2) is 44.0 Å². The Hall–Kier alpha value is -3.63. The number of nitro benzene ring substituents is 1. The van der Waals surface area contributed by atoms with Crippen molar-refractivity contribution in [3.63, 3.8) is 0 Å². The van der Waals surface area contributed by atoms with E-state index in [4.69, 9.17) is 4.74 Å². The number of anilines is 1. The number of fused-ring (bicyclic) bond motifs is 1. The molecule has 1 aromatic heterocycles. The smallest absolute Gasteiger partial charge is 0.355 e. The number of benzene rings is 1. The molecule has 2 heterocycles. The maximum Gasteiger partial charge on any atom is 0.355 e. The van der Waals surface area contributed by atoms with Crippen LogP contribution in [-0.2, 0) is 14.3 Å². The predicted octanol–water partition coefficient (Wildman–Crippen LogP) is 0.612. The fourth-order valence-electron chi connectivity index (χ4n) is 2.69. The molecule has 0 unspecified atom stereocenters. The van der Waals surface area contributed by atoms with E-state index in [2.05, 4.69) is 20.8 Å². The molecule has 25 heavy (non-hydrogen) atoms. The van der Waals surface area contributed by atoms with Gasteiger partial charge in [-0.3, -0.25) is 14.9 Å². The molecule has 11 heteroatoms. The zero-order chi connectivity index (χ0) is 18.1. The van der Waals surface area contributed by atoms with Gasteiger partial charge in [-0.05, 0) is 23.4 Å². The Bertz CT molecular complexity index is 918. The molecule has 0 saturated carbocycles. The normalized spacial score (nSPS) is 16.0. The number of para-hydroxylation sites is 1. The van der Waals surface area contributed by atoms with Gasteiger partial charge in [0.2, 0.25) is 5.95 Å². The maximum absolute atomic E-state index is 12.3. The van der Waals surface area contributed by atoms with E-state index in [1.165, 1.54) is 29.8 Å². The fraction of sp³-hybridized carbons (Fsp3) is 0.214. The van der Waals surface area contributed by atoms with Gasteiger partial charge in [0.05, 0.1) is 23.2 Å². The summed E-state index contributed by atoms with van der Waals surface area (Å²) in [6, 6.07) is 4.83. The second-order valence-corrected chi connectivity index (χ2v) is 5.13. The summed E-state index contributed by atoms with van der Waals surface area (Å²) >= 11 is 0. The molecule has 3 rings (SSSR count). The highest BCUT2D eigenvalue weighted by Crippen LogP contribution is 2.38. The number of hydrogen-bond donors (Lipinski definition) is 1. The second kappa shape index (κ2) is 6.11. The summed E-state index contributed by atoms with van der Waals surface area (Å²) < 4.78 is 5.91. The number of nitrogens with one attached hydrogen (secondary N) is 1. The van der Waals surface area contributed by atoms with Gasteiger partial charge in [-0.25, -0.2) is 4.79 Å². The number of ketones is 1. The van der Waals surface area contributed by atoms with Crippen LogP contribution in [0.25, 0.3) is 0 Å². The molecule has 1 aliphatic heterocycles. The summed E-state index contributed by atoms with van der Waals surface area (Å²) in [6.07, 6.45) is 0.